The SMILES string of the molecule is NC(=O)c1nccc(I)c1CCO. The van der Waals surface area contributed by atoms with Gasteiger partial charge in [-0.3, -0.25) is 9.78 Å². The molecule has 5 heteroatoms. The van der Waals surface area contributed by atoms with Crippen LogP contribution >= 0.6 is 22.6 Å². The van der Waals surface area contributed by atoms with Gasteiger partial charge in [0.15, 0.2) is 0 Å². The van der Waals surface area contributed by atoms with E-state index in [-0.39, 0.29) is 12.3 Å². The first kappa shape index (κ1) is 10.4. The summed E-state index contributed by atoms with van der Waals surface area (Å²) in [7, 11) is 0. The zero-order chi connectivity index (χ0) is 9.84. The summed E-state index contributed by atoms with van der Waals surface area (Å²) in [4.78, 5) is 14.8. The minimum absolute atomic E-state index is 0.0119. The molecule has 70 valence electrons. The number of pyridine rings is 1. The van der Waals surface area contributed by atoms with Crippen LogP contribution in [-0.2, 0) is 6.42 Å². The van der Waals surface area contributed by atoms with Crippen LogP contribution in [0.1, 0.15) is 16.1 Å². The van der Waals surface area contributed by atoms with Crippen molar-refractivity contribution in [3.05, 3.63) is 27.1 Å². The van der Waals surface area contributed by atoms with Crippen molar-refractivity contribution in [3.8, 4) is 0 Å². The summed E-state index contributed by atoms with van der Waals surface area (Å²) >= 11 is 2.08. The number of hydrogen-bond donors (Lipinski definition) is 2. The Morgan fingerprint density at radius 1 is 1.69 bits per heavy atom. The number of nitrogens with zero attached hydrogens (tertiary/aromatic N) is 1. The Labute approximate surface area is 89.3 Å². The zero-order valence-electron chi connectivity index (χ0n) is 6.83. The number of rotatable bonds is 3. The van der Waals surface area contributed by atoms with Gasteiger partial charge in [0, 0.05) is 16.4 Å². The number of aromatic nitrogens is 1. The van der Waals surface area contributed by atoms with Crippen molar-refractivity contribution >= 4 is 28.5 Å². The van der Waals surface area contributed by atoms with Crippen molar-refractivity contribution in [2.75, 3.05) is 6.61 Å². The molecule has 0 fully saturated rings. The number of aliphatic hydroxyl groups is 1. The van der Waals surface area contributed by atoms with E-state index in [2.05, 4.69) is 27.6 Å². The first-order valence-electron chi connectivity index (χ1n) is 3.71. The lowest BCUT2D eigenvalue weighted by Crippen LogP contribution is -2.17. The lowest BCUT2D eigenvalue weighted by Gasteiger charge is -2.05. The van der Waals surface area contributed by atoms with E-state index in [9.17, 15) is 4.79 Å². The molecule has 3 N–H and O–H groups in total. The molecule has 0 aliphatic heterocycles. The van der Waals surface area contributed by atoms with E-state index < -0.39 is 5.91 Å². The average Bonchev–Trinajstić information content (AvgIpc) is 2.08. The third kappa shape index (κ3) is 2.38. The number of carbonyl (C=O) groups excluding carboxylic acids is 1. The van der Waals surface area contributed by atoms with Gasteiger partial charge >= 0.3 is 0 Å². The molecule has 13 heavy (non-hydrogen) atoms. The highest BCUT2D eigenvalue weighted by Gasteiger charge is 2.11. The summed E-state index contributed by atoms with van der Waals surface area (Å²) in [5.41, 5.74) is 6.10. The number of nitrogens with two attached hydrogens (primary N) is 1. The predicted octanol–water partition coefficient (Wildman–Crippen LogP) is 0.320. The third-order valence-electron chi connectivity index (χ3n) is 1.59. The predicted molar refractivity (Wildman–Crippen MR) is 56.3 cm³/mol. The minimum atomic E-state index is -0.554. The van der Waals surface area contributed by atoms with Crippen LogP contribution in [0, 0.1) is 3.57 Å². The largest absolute Gasteiger partial charge is 0.396 e. The smallest absolute Gasteiger partial charge is 0.267 e. The highest BCUT2D eigenvalue weighted by molar-refractivity contribution is 14.1. The van der Waals surface area contributed by atoms with Crippen molar-refractivity contribution in [3.63, 3.8) is 0 Å². The maximum Gasteiger partial charge on any atom is 0.267 e. The van der Waals surface area contributed by atoms with E-state index in [1.54, 1.807) is 6.07 Å². The number of amides is 1. The van der Waals surface area contributed by atoms with Gasteiger partial charge < -0.3 is 10.8 Å². The molecule has 0 saturated heterocycles. The van der Waals surface area contributed by atoms with Gasteiger partial charge in [-0.2, -0.15) is 0 Å². The molecule has 0 aliphatic rings. The van der Waals surface area contributed by atoms with Gasteiger partial charge in [-0.05, 0) is 40.6 Å². The summed E-state index contributed by atoms with van der Waals surface area (Å²) < 4.78 is 0.899. The Balaban J connectivity index is 3.17. The molecule has 1 aromatic heterocycles. The normalized spacial score (nSPS) is 10.0. The maximum atomic E-state index is 10.9. The molecule has 0 atom stereocenters. The van der Waals surface area contributed by atoms with Crippen LogP contribution in [0.4, 0.5) is 0 Å². The van der Waals surface area contributed by atoms with Gasteiger partial charge in [0.2, 0.25) is 0 Å². The summed E-state index contributed by atoms with van der Waals surface area (Å²) in [5.74, 6) is -0.554. The summed E-state index contributed by atoms with van der Waals surface area (Å²) in [6, 6.07) is 1.78. The monoisotopic (exact) mass is 292 g/mol. The van der Waals surface area contributed by atoms with Gasteiger partial charge in [0.25, 0.3) is 5.91 Å². The van der Waals surface area contributed by atoms with Crippen LogP contribution in [0.15, 0.2) is 12.3 Å². The molecule has 1 rings (SSSR count). The number of aliphatic hydroxyl groups excluding tert-OH is 1. The molecule has 0 aliphatic carbocycles. The van der Waals surface area contributed by atoms with Gasteiger partial charge in [-0.15, -0.1) is 0 Å². The van der Waals surface area contributed by atoms with Crippen molar-refractivity contribution < 1.29 is 9.90 Å². The molecule has 1 aromatic rings. The van der Waals surface area contributed by atoms with Crippen LogP contribution in [0.5, 0.6) is 0 Å². The number of carbonyl (C=O) groups is 1. The molecular weight excluding hydrogens is 283 g/mol. The Kier molecular flexibility index (Phi) is 3.61. The summed E-state index contributed by atoms with van der Waals surface area (Å²) in [6.07, 6.45) is 1.94. The molecule has 1 heterocycles. The lowest BCUT2D eigenvalue weighted by molar-refractivity contribution is 0.0994. The molecule has 1 amide bonds. The van der Waals surface area contributed by atoms with Crippen molar-refractivity contribution in [2.24, 2.45) is 5.73 Å². The summed E-state index contributed by atoms with van der Waals surface area (Å²) in [5, 5.41) is 8.77. The fraction of sp³-hybridized carbons (Fsp3) is 0.250. The first-order valence-corrected chi connectivity index (χ1v) is 4.78. The van der Waals surface area contributed by atoms with Crippen LogP contribution in [-0.4, -0.2) is 22.6 Å². The maximum absolute atomic E-state index is 10.9. The average molecular weight is 292 g/mol. The fourth-order valence-electron chi connectivity index (χ4n) is 1.03. The van der Waals surface area contributed by atoms with E-state index in [0.29, 0.717) is 6.42 Å². The van der Waals surface area contributed by atoms with E-state index in [0.717, 1.165) is 9.13 Å². The summed E-state index contributed by atoms with van der Waals surface area (Å²) in [6.45, 7) is -0.0119. The first-order chi connectivity index (χ1) is 6.16. The van der Waals surface area contributed by atoms with Crippen LogP contribution in [0.2, 0.25) is 0 Å². The number of halogens is 1. The minimum Gasteiger partial charge on any atom is -0.396 e. The lowest BCUT2D eigenvalue weighted by atomic mass is 10.1. The van der Waals surface area contributed by atoms with Crippen LogP contribution < -0.4 is 5.73 Å². The molecule has 4 nitrogen and oxygen atoms in total. The Hall–Kier alpha value is -0.690. The van der Waals surface area contributed by atoms with Crippen molar-refractivity contribution in [1.29, 1.82) is 0 Å². The molecule has 0 aromatic carbocycles. The molecule has 0 saturated carbocycles. The van der Waals surface area contributed by atoms with Gasteiger partial charge in [-0.1, -0.05) is 0 Å². The molecule has 0 radical (unpaired) electrons. The van der Waals surface area contributed by atoms with Crippen molar-refractivity contribution in [1.82, 2.24) is 4.98 Å². The topological polar surface area (TPSA) is 76.2 Å². The van der Waals surface area contributed by atoms with Crippen molar-refractivity contribution in [2.45, 2.75) is 6.42 Å². The van der Waals surface area contributed by atoms with Gasteiger partial charge in [0.1, 0.15) is 5.69 Å². The standard InChI is InChI=1S/C8H9IN2O2/c9-6-1-3-11-7(8(10)13)5(6)2-4-12/h1,3,12H,2,4H2,(H2,10,13). The number of hydrogen-bond acceptors (Lipinski definition) is 3. The quantitative estimate of drug-likeness (QED) is 0.788. The van der Waals surface area contributed by atoms with Crippen LogP contribution in [0.25, 0.3) is 0 Å². The Morgan fingerprint density at radius 2 is 2.38 bits per heavy atom. The van der Waals surface area contributed by atoms with E-state index in [1.165, 1.54) is 6.20 Å². The molecule has 0 unspecified atom stereocenters. The van der Waals surface area contributed by atoms with Gasteiger partial charge in [0.05, 0.1) is 0 Å². The van der Waals surface area contributed by atoms with E-state index >= 15 is 0 Å². The van der Waals surface area contributed by atoms with Crippen LogP contribution in [0.3, 0.4) is 0 Å². The zero-order valence-corrected chi connectivity index (χ0v) is 8.98. The van der Waals surface area contributed by atoms with Gasteiger partial charge in [-0.25, -0.2) is 0 Å². The second-order valence-corrected chi connectivity index (χ2v) is 3.62. The number of primary amides is 1. The van der Waals surface area contributed by atoms with E-state index in [4.69, 9.17) is 10.8 Å². The molecule has 0 spiro atoms. The third-order valence-corrected chi connectivity index (χ3v) is 2.60. The van der Waals surface area contributed by atoms with E-state index in [1.807, 2.05) is 0 Å². The highest BCUT2D eigenvalue weighted by atomic mass is 127. The second kappa shape index (κ2) is 4.52. The Bertz CT molecular complexity index is 328. The second-order valence-electron chi connectivity index (χ2n) is 2.46. The Morgan fingerprint density at radius 3 is 2.92 bits per heavy atom. The fourth-order valence-corrected chi connectivity index (χ4v) is 1.72. The molecule has 0 bridgehead atoms. The highest BCUT2D eigenvalue weighted by Crippen LogP contribution is 2.14. The molecular formula is C8H9IN2O2.